The Kier molecular flexibility index (Phi) is 5.51. The van der Waals surface area contributed by atoms with E-state index >= 15 is 4.39 Å². The van der Waals surface area contributed by atoms with E-state index in [-0.39, 0.29) is 17.1 Å². The standard InChI is InChI=1S/C23H19BrClFN8/c24-16-10-27-7-5-15(16)18-11-28-23(30-18)20-3-1-14-9-13(6-8-33(14)20)21-19(34-12-29-31-32-34)4-2-17(25)22(21)26/h2,4-7,10-12,14,20H,1,3,8-9H2,(H,28,30)/t14?,20-/m0/s1. The van der Waals surface area contributed by atoms with Crippen molar-refractivity contribution in [1.82, 2.24) is 40.1 Å². The molecule has 11 heteroatoms. The molecule has 2 aliphatic heterocycles. The summed E-state index contributed by atoms with van der Waals surface area (Å²) < 4.78 is 17.6. The number of aromatic amines is 1. The van der Waals surface area contributed by atoms with E-state index in [1.807, 2.05) is 12.3 Å². The Morgan fingerprint density at radius 1 is 1.21 bits per heavy atom. The molecule has 0 aliphatic carbocycles. The molecule has 1 aromatic carbocycles. The fraction of sp³-hybridized carbons (Fsp3) is 0.261. The molecule has 0 spiro atoms. The molecule has 8 nitrogen and oxygen atoms in total. The van der Waals surface area contributed by atoms with Crippen LogP contribution in [0.1, 0.15) is 36.7 Å². The molecule has 2 aliphatic rings. The van der Waals surface area contributed by atoms with Crippen LogP contribution in [0.3, 0.4) is 0 Å². The van der Waals surface area contributed by atoms with E-state index in [4.69, 9.17) is 16.6 Å². The zero-order valence-electron chi connectivity index (χ0n) is 17.9. The first-order valence-electron chi connectivity index (χ1n) is 10.9. The van der Waals surface area contributed by atoms with E-state index in [1.54, 1.807) is 18.5 Å². The van der Waals surface area contributed by atoms with Gasteiger partial charge in [0.2, 0.25) is 0 Å². The number of aromatic nitrogens is 7. The second-order valence-electron chi connectivity index (χ2n) is 8.41. The molecule has 1 saturated heterocycles. The first-order chi connectivity index (χ1) is 16.6. The van der Waals surface area contributed by atoms with Gasteiger partial charge in [0.25, 0.3) is 0 Å². The normalized spacial score (nSPS) is 20.4. The van der Waals surface area contributed by atoms with Gasteiger partial charge in [0, 0.05) is 46.8 Å². The minimum atomic E-state index is -0.442. The molecule has 0 bridgehead atoms. The lowest BCUT2D eigenvalue weighted by atomic mass is 9.92. The number of tetrazole rings is 1. The van der Waals surface area contributed by atoms with Crippen molar-refractivity contribution in [2.45, 2.75) is 31.3 Å². The molecular formula is C23H19BrClFN8. The summed E-state index contributed by atoms with van der Waals surface area (Å²) in [5.74, 6) is 0.504. The molecule has 1 fully saturated rings. The van der Waals surface area contributed by atoms with Crippen LogP contribution in [0.25, 0.3) is 22.5 Å². The van der Waals surface area contributed by atoms with Crippen LogP contribution in [0.15, 0.2) is 53.7 Å². The maximum atomic E-state index is 15.2. The van der Waals surface area contributed by atoms with Gasteiger partial charge >= 0.3 is 0 Å². The largest absolute Gasteiger partial charge is 0.347 e. The summed E-state index contributed by atoms with van der Waals surface area (Å²) in [4.78, 5) is 14.8. The van der Waals surface area contributed by atoms with E-state index in [2.05, 4.69) is 52.4 Å². The number of pyridine rings is 1. The molecule has 6 rings (SSSR count). The summed E-state index contributed by atoms with van der Waals surface area (Å²) in [6.07, 6.45) is 11.7. The third-order valence-electron chi connectivity index (χ3n) is 6.60. The smallest absolute Gasteiger partial charge is 0.151 e. The Labute approximate surface area is 208 Å². The number of H-pyrrole nitrogens is 1. The molecule has 172 valence electrons. The molecule has 2 atom stereocenters. The summed E-state index contributed by atoms with van der Waals surface area (Å²) in [7, 11) is 0. The molecule has 0 amide bonds. The van der Waals surface area contributed by atoms with E-state index < -0.39 is 5.82 Å². The van der Waals surface area contributed by atoms with Gasteiger partial charge in [-0.2, -0.15) is 4.68 Å². The first kappa shape index (κ1) is 21.6. The Hall–Kier alpha value is -2.95. The second-order valence-corrected chi connectivity index (χ2v) is 9.68. The van der Waals surface area contributed by atoms with Crippen molar-refractivity contribution in [3.63, 3.8) is 0 Å². The highest BCUT2D eigenvalue weighted by molar-refractivity contribution is 9.10. The van der Waals surface area contributed by atoms with E-state index in [0.29, 0.717) is 24.2 Å². The van der Waals surface area contributed by atoms with Crippen LogP contribution in [0.4, 0.5) is 4.39 Å². The van der Waals surface area contributed by atoms with Gasteiger partial charge in [0.05, 0.1) is 22.4 Å². The summed E-state index contributed by atoms with van der Waals surface area (Å²) in [6.45, 7) is 0.695. The van der Waals surface area contributed by atoms with Crippen molar-refractivity contribution in [3.8, 4) is 16.9 Å². The topological polar surface area (TPSA) is 88.4 Å². The summed E-state index contributed by atoms with van der Waals surface area (Å²) in [6, 6.07) is 5.70. The van der Waals surface area contributed by atoms with Gasteiger partial charge in [-0.3, -0.25) is 9.88 Å². The average molecular weight is 542 g/mol. The van der Waals surface area contributed by atoms with Crippen molar-refractivity contribution in [2.75, 3.05) is 6.54 Å². The molecule has 0 radical (unpaired) electrons. The number of imidazole rings is 1. The van der Waals surface area contributed by atoms with Gasteiger partial charge in [0.1, 0.15) is 12.2 Å². The van der Waals surface area contributed by atoms with Crippen LogP contribution in [0, 0.1) is 5.82 Å². The molecule has 1 unspecified atom stereocenters. The van der Waals surface area contributed by atoms with Gasteiger partial charge in [-0.05, 0) is 69.4 Å². The summed E-state index contributed by atoms with van der Waals surface area (Å²) >= 11 is 9.70. The zero-order valence-corrected chi connectivity index (χ0v) is 20.2. The van der Waals surface area contributed by atoms with Crippen LogP contribution in [0.2, 0.25) is 5.02 Å². The van der Waals surface area contributed by atoms with Crippen LogP contribution in [0.5, 0.6) is 0 Å². The number of benzene rings is 1. The van der Waals surface area contributed by atoms with Crippen LogP contribution in [-0.4, -0.2) is 52.6 Å². The summed E-state index contributed by atoms with van der Waals surface area (Å²) in [5, 5.41) is 11.4. The minimum absolute atomic E-state index is 0.0878. The maximum absolute atomic E-state index is 15.2. The predicted octanol–water partition coefficient (Wildman–Crippen LogP) is 5.00. The van der Waals surface area contributed by atoms with Gasteiger partial charge in [-0.1, -0.05) is 17.7 Å². The third-order valence-corrected chi connectivity index (χ3v) is 7.52. The molecule has 34 heavy (non-hydrogen) atoms. The highest BCUT2D eigenvalue weighted by Crippen LogP contribution is 2.43. The summed E-state index contributed by atoms with van der Waals surface area (Å²) in [5.41, 5.74) is 3.85. The van der Waals surface area contributed by atoms with Crippen molar-refractivity contribution in [1.29, 1.82) is 0 Å². The Morgan fingerprint density at radius 3 is 2.94 bits per heavy atom. The van der Waals surface area contributed by atoms with Crippen molar-refractivity contribution in [3.05, 3.63) is 75.9 Å². The van der Waals surface area contributed by atoms with Crippen molar-refractivity contribution in [2.24, 2.45) is 0 Å². The Morgan fingerprint density at radius 2 is 2.12 bits per heavy atom. The van der Waals surface area contributed by atoms with Gasteiger partial charge in [-0.15, -0.1) is 5.10 Å². The van der Waals surface area contributed by atoms with E-state index in [1.165, 1.54) is 17.1 Å². The van der Waals surface area contributed by atoms with Gasteiger partial charge in [0.15, 0.2) is 5.82 Å². The number of hydrogen-bond donors (Lipinski definition) is 1. The Bertz CT molecular complexity index is 1390. The highest BCUT2D eigenvalue weighted by atomic mass is 79.9. The molecule has 5 heterocycles. The SMILES string of the molecule is Fc1c(Cl)ccc(-n2cnnn2)c1C1=CCN2C(CC[C@H]2c2nc(-c3ccncc3Br)c[nH]2)C1. The third kappa shape index (κ3) is 3.66. The maximum Gasteiger partial charge on any atom is 0.151 e. The molecule has 0 saturated carbocycles. The lowest BCUT2D eigenvalue weighted by Crippen LogP contribution is -2.35. The molecule has 4 aromatic rings. The van der Waals surface area contributed by atoms with Gasteiger partial charge in [-0.25, -0.2) is 9.37 Å². The molecule has 1 N–H and O–H groups in total. The van der Waals surface area contributed by atoms with Crippen LogP contribution < -0.4 is 0 Å². The number of nitrogens with one attached hydrogen (secondary N) is 1. The molecular weight excluding hydrogens is 523 g/mol. The number of nitrogens with zero attached hydrogens (tertiary/aromatic N) is 7. The lowest BCUT2D eigenvalue weighted by molar-refractivity contribution is 0.205. The van der Waals surface area contributed by atoms with Crippen molar-refractivity contribution >= 4 is 33.1 Å². The van der Waals surface area contributed by atoms with Gasteiger partial charge < -0.3 is 4.98 Å². The highest BCUT2D eigenvalue weighted by Gasteiger charge is 2.38. The minimum Gasteiger partial charge on any atom is -0.347 e. The lowest BCUT2D eigenvalue weighted by Gasteiger charge is -2.33. The quantitative estimate of drug-likeness (QED) is 0.391. The zero-order chi connectivity index (χ0) is 23.2. The average Bonchev–Trinajstić information content (AvgIpc) is 3.61. The first-order valence-corrected chi connectivity index (χ1v) is 12.1. The Balaban J connectivity index is 1.30. The van der Waals surface area contributed by atoms with Crippen LogP contribution in [-0.2, 0) is 0 Å². The number of hydrogen-bond acceptors (Lipinski definition) is 6. The number of halogens is 3. The van der Waals surface area contributed by atoms with Crippen LogP contribution >= 0.6 is 27.5 Å². The molecule has 3 aromatic heterocycles. The number of rotatable bonds is 4. The van der Waals surface area contributed by atoms with E-state index in [9.17, 15) is 0 Å². The second kappa shape index (κ2) is 8.68. The fourth-order valence-electron chi connectivity index (χ4n) is 5.02. The number of fused-ring (bicyclic) bond motifs is 1. The van der Waals surface area contributed by atoms with E-state index in [0.717, 1.165) is 40.0 Å². The monoisotopic (exact) mass is 540 g/mol. The van der Waals surface area contributed by atoms with Crippen molar-refractivity contribution < 1.29 is 4.39 Å². The fourth-order valence-corrected chi connectivity index (χ4v) is 5.63. The predicted molar refractivity (Wildman–Crippen MR) is 129 cm³/mol.